The first kappa shape index (κ1) is 15.1. The average Bonchev–Trinajstić information content (AvgIpc) is 2.96. The van der Waals surface area contributed by atoms with E-state index in [9.17, 15) is 4.79 Å². The largest absolute Gasteiger partial charge is 0.492 e. The van der Waals surface area contributed by atoms with Gasteiger partial charge in [0.2, 0.25) is 0 Å². The van der Waals surface area contributed by atoms with Crippen molar-refractivity contribution in [3.8, 4) is 5.75 Å². The molecule has 6 nitrogen and oxygen atoms in total. The van der Waals surface area contributed by atoms with Crippen LogP contribution in [0.2, 0.25) is 0 Å². The number of imidazole rings is 1. The molecule has 0 atom stereocenters. The summed E-state index contributed by atoms with van der Waals surface area (Å²) in [5, 5.41) is 0. The number of nitrogens with zero attached hydrogens (tertiary/aromatic N) is 2. The SMILES string of the molecule is CC(C)c1nccn1CCOc1ccc(C(=O)NN)cc1. The first-order valence-electron chi connectivity index (χ1n) is 6.86. The third-order valence-electron chi connectivity index (χ3n) is 3.11. The monoisotopic (exact) mass is 288 g/mol. The van der Waals surface area contributed by atoms with Crippen LogP contribution in [0.15, 0.2) is 36.7 Å². The number of carbonyl (C=O) groups excluding carboxylic acids is 1. The summed E-state index contributed by atoms with van der Waals surface area (Å²) in [5.74, 6) is 6.91. The van der Waals surface area contributed by atoms with E-state index < -0.39 is 0 Å². The van der Waals surface area contributed by atoms with E-state index in [1.807, 2.05) is 6.20 Å². The van der Waals surface area contributed by atoms with E-state index in [2.05, 4.69) is 28.8 Å². The van der Waals surface area contributed by atoms with Gasteiger partial charge in [0, 0.05) is 23.9 Å². The summed E-state index contributed by atoms with van der Waals surface area (Å²) < 4.78 is 7.76. The summed E-state index contributed by atoms with van der Waals surface area (Å²) in [4.78, 5) is 15.6. The molecule has 1 heterocycles. The number of benzene rings is 1. The van der Waals surface area contributed by atoms with Crippen LogP contribution in [0.4, 0.5) is 0 Å². The van der Waals surface area contributed by atoms with Gasteiger partial charge in [-0.05, 0) is 24.3 Å². The fourth-order valence-corrected chi connectivity index (χ4v) is 2.06. The molecule has 2 rings (SSSR count). The number of hydrogen-bond donors (Lipinski definition) is 2. The molecule has 0 aliphatic heterocycles. The Morgan fingerprint density at radius 1 is 1.38 bits per heavy atom. The normalized spacial score (nSPS) is 10.7. The highest BCUT2D eigenvalue weighted by Gasteiger charge is 2.07. The molecule has 1 amide bonds. The molecule has 0 radical (unpaired) electrons. The summed E-state index contributed by atoms with van der Waals surface area (Å²) in [6.07, 6.45) is 3.75. The Kier molecular flexibility index (Phi) is 4.94. The Morgan fingerprint density at radius 2 is 2.10 bits per heavy atom. The van der Waals surface area contributed by atoms with Crippen LogP contribution >= 0.6 is 0 Å². The fourth-order valence-electron chi connectivity index (χ4n) is 2.06. The number of ether oxygens (including phenoxy) is 1. The molecule has 0 saturated carbocycles. The quantitative estimate of drug-likeness (QED) is 0.481. The predicted octanol–water partition coefficient (Wildman–Crippen LogP) is 1.69. The molecule has 0 bridgehead atoms. The van der Waals surface area contributed by atoms with Gasteiger partial charge in [0.05, 0.1) is 6.54 Å². The van der Waals surface area contributed by atoms with Crippen LogP contribution in [0.1, 0.15) is 35.9 Å². The third-order valence-corrected chi connectivity index (χ3v) is 3.11. The van der Waals surface area contributed by atoms with Gasteiger partial charge in [-0.25, -0.2) is 10.8 Å². The Bertz CT molecular complexity index is 590. The molecule has 6 heteroatoms. The lowest BCUT2D eigenvalue weighted by molar-refractivity contribution is 0.0953. The molecule has 0 spiro atoms. The molecule has 0 fully saturated rings. The minimum atomic E-state index is -0.318. The molecule has 3 N–H and O–H groups in total. The van der Waals surface area contributed by atoms with Gasteiger partial charge in [0.15, 0.2) is 0 Å². The average molecular weight is 288 g/mol. The Labute approximate surface area is 123 Å². The molecule has 0 aliphatic carbocycles. The minimum Gasteiger partial charge on any atom is -0.492 e. The maximum Gasteiger partial charge on any atom is 0.265 e. The molecule has 0 unspecified atom stereocenters. The molecule has 2 aromatic rings. The molecule has 1 aromatic carbocycles. The van der Waals surface area contributed by atoms with E-state index in [0.29, 0.717) is 18.1 Å². The second-order valence-corrected chi connectivity index (χ2v) is 4.98. The highest BCUT2D eigenvalue weighted by atomic mass is 16.5. The van der Waals surface area contributed by atoms with E-state index in [0.717, 1.165) is 18.1 Å². The lowest BCUT2D eigenvalue weighted by Gasteiger charge is -2.11. The van der Waals surface area contributed by atoms with Crippen LogP contribution in [0.25, 0.3) is 0 Å². The van der Waals surface area contributed by atoms with E-state index in [1.165, 1.54) is 0 Å². The molecular formula is C15H20N4O2. The van der Waals surface area contributed by atoms with Crippen LogP contribution in [0.5, 0.6) is 5.75 Å². The van der Waals surface area contributed by atoms with Crippen molar-refractivity contribution in [1.82, 2.24) is 15.0 Å². The number of hydrazine groups is 1. The van der Waals surface area contributed by atoms with Gasteiger partial charge in [-0.15, -0.1) is 0 Å². The van der Waals surface area contributed by atoms with Gasteiger partial charge in [0.25, 0.3) is 5.91 Å². The van der Waals surface area contributed by atoms with Crippen molar-refractivity contribution in [1.29, 1.82) is 0 Å². The number of nitrogens with one attached hydrogen (secondary N) is 1. The van der Waals surface area contributed by atoms with Crippen LogP contribution in [-0.4, -0.2) is 22.1 Å². The summed E-state index contributed by atoms with van der Waals surface area (Å²) in [5.41, 5.74) is 2.59. The zero-order valence-electron chi connectivity index (χ0n) is 12.2. The number of rotatable bonds is 6. The molecule has 112 valence electrons. The van der Waals surface area contributed by atoms with Crippen LogP contribution in [0, 0.1) is 0 Å². The predicted molar refractivity (Wildman–Crippen MR) is 79.9 cm³/mol. The van der Waals surface area contributed by atoms with E-state index >= 15 is 0 Å². The van der Waals surface area contributed by atoms with Crippen molar-refractivity contribution < 1.29 is 9.53 Å². The molecule has 21 heavy (non-hydrogen) atoms. The zero-order chi connectivity index (χ0) is 15.2. The maximum absolute atomic E-state index is 11.3. The minimum absolute atomic E-state index is 0.318. The standard InChI is InChI=1S/C15H20N4O2/c1-11(2)14-17-7-8-19(14)9-10-21-13-5-3-12(4-6-13)15(20)18-16/h3-8,11H,9-10,16H2,1-2H3,(H,18,20). The van der Waals surface area contributed by atoms with Gasteiger partial charge in [-0.1, -0.05) is 13.8 Å². The topological polar surface area (TPSA) is 82.2 Å². The molecular weight excluding hydrogens is 268 g/mol. The second-order valence-electron chi connectivity index (χ2n) is 4.98. The van der Waals surface area contributed by atoms with Crippen molar-refractivity contribution in [3.05, 3.63) is 48.0 Å². The van der Waals surface area contributed by atoms with E-state index in [1.54, 1.807) is 30.5 Å². The van der Waals surface area contributed by atoms with Crippen molar-refractivity contribution in [3.63, 3.8) is 0 Å². The Hall–Kier alpha value is -2.34. The van der Waals surface area contributed by atoms with Crippen LogP contribution < -0.4 is 16.0 Å². The highest BCUT2D eigenvalue weighted by molar-refractivity contribution is 5.93. The van der Waals surface area contributed by atoms with E-state index in [-0.39, 0.29) is 5.91 Å². The number of hydrogen-bond acceptors (Lipinski definition) is 4. The highest BCUT2D eigenvalue weighted by Crippen LogP contribution is 2.14. The fraction of sp³-hybridized carbons (Fsp3) is 0.333. The molecule has 0 aliphatic rings. The summed E-state index contributed by atoms with van der Waals surface area (Å²) in [6, 6.07) is 6.85. The van der Waals surface area contributed by atoms with Gasteiger partial charge in [0.1, 0.15) is 18.2 Å². The Balaban J connectivity index is 1.89. The third kappa shape index (κ3) is 3.82. The Morgan fingerprint density at radius 3 is 2.71 bits per heavy atom. The van der Waals surface area contributed by atoms with Gasteiger partial charge in [-0.2, -0.15) is 0 Å². The molecule has 1 aromatic heterocycles. The smallest absolute Gasteiger partial charge is 0.265 e. The maximum atomic E-state index is 11.3. The van der Waals surface area contributed by atoms with Crippen molar-refractivity contribution in [2.24, 2.45) is 5.84 Å². The van der Waals surface area contributed by atoms with Gasteiger partial charge < -0.3 is 9.30 Å². The number of nitrogens with two attached hydrogens (primary N) is 1. The first-order chi connectivity index (χ1) is 10.1. The zero-order valence-corrected chi connectivity index (χ0v) is 12.2. The van der Waals surface area contributed by atoms with Crippen molar-refractivity contribution in [2.75, 3.05) is 6.61 Å². The van der Waals surface area contributed by atoms with Crippen molar-refractivity contribution >= 4 is 5.91 Å². The summed E-state index contributed by atoms with van der Waals surface area (Å²) >= 11 is 0. The second kappa shape index (κ2) is 6.90. The van der Waals surface area contributed by atoms with Gasteiger partial charge >= 0.3 is 0 Å². The van der Waals surface area contributed by atoms with Crippen molar-refractivity contribution in [2.45, 2.75) is 26.3 Å². The van der Waals surface area contributed by atoms with E-state index in [4.69, 9.17) is 10.6 Å². The van der Waals surface area contributed by atoms with Gasteiger partial charge in [-0.3, -0.25) is 10.2 Å². The molecule has 0 saturated heterocycles. The lowest BCUT2D eigenvalue weighted by Crippen LogP contribution is -2.29. The summed E-state index contributed by atoms with van der Waals surface area (Å²) in [6.45, 7) is 5.50. The van der Waals surface area contributed by atoms with Crippen LogP contribution in [0.3, 0.4) is 0 Å². The van der Waals surface area contributed by atoms with Crippen LogP contribution in [-0.2, 0) is 6.54 Å². The number of amides is 1. The summed E-state index contributed by atoms with van der Waals surface area (Å²) in [7, 11) is 0. The number of nitrogen functional groups attached to an aromatic ring is 1. The number of carbonyl (C=O) groups is 1. The number of aromatic nitrogens is 2. The lowest BCUT2D eigenvalue weighted by atomic mass is 10.2. The first-order valence-corrected chi connectivity index (χ1v) is 6.86.